The summed E-state index contributed by atoms with van der Waals surface area (Å²) in [7, 11) is 1.76. The molecule has 0 fully saturated rings. The lowest BCUT2D eigenvalue weighted by atomic mass is 9.95. The van der Waals surface area contributed by atoms with Gasteiger partial charge in [-0.2, -0.15) is 0 Å². The van der Waals surface area contributed by atoms with Crippen LogP contribution in [0.4, 0.5) is 0 Å². The van der Waals surface area contributed by atoms with E-state index >= 15 is 0 Å². The molecule has 0 aliphatic carbocycles. The molecule has 3 heteroatoms. The van der Waals surface area contributed by atoms with Gasteiger partial charge in [0.15, 0.2) is 0 Å². The van der Waals surface area contributed by atoms with Gasteiger partial charge in [-0.15, -0.1) is 0 Å². The fraction of sp³-hybridized carbons (Fsp3) is 0.538. The van der Waals surface area contributed by atoms with Gasteiger partial charge in [0.1, 0.15) is 0 Å². The van der Waals surface area contributed by atoms with Gasteiger partial charge >= 0.3 is 0 Å². The summed E-state index contributed by atoms with van der Waals surface area (Å²) in [5.41, 5.74) is 1.40. The van der Waals surface area contributed by atoms with Gasteiger partial charge in [0.2, 0.25) is 0 Å². The molecule has 0 radical (unpaired) electrons. The third-order valence-corrected chi connectivity index (χ3v) is 4.19. The van der Waals surface area contributed by atoms with E-state index in [9.17, 15) is 0 Å². The summed E-state index contributed by atoms with van der Waals surface area (Å²) >= 11 is 7.22. The highest BCUT2D eigenvalue weighted by Crippen LogP contribution is 2.30. The molecule has 0 aromatic heterocycles. The van der Waals surface area contributed by atoms with Crippen LogP contribution >= 0.6 is 31.9 Å². The van der Waals surface area contributed by atoms with Crippen LogP contribution in [0, 0.1) is 0 Å². The van der Waals surface area contributed by atoms with Gasteiger partial charge in [0.05, 0.1) is 0 Å². The topological polar surface area (TPSA) is 9.23 Å². The van der Waals surface area contributed by atoms with Gasteiger partial charge < -0.3 is 4.74 Å². The first-order valence-corrected chi connectivity index (χ1v) is 7.50. The molecular formula is C13H18Br2O. The van der Waals surface area contributed by atoms with Crippen molar-refractivity contribution in [1.82, 2.24) is 0 Å². The van der Waals surface area contributed by atoms with Crippen molar-refractivity contribution in [2.75, 3.05) is 19.0 Å². The van der Waals surface area contributed by atoms with Crippen LogP contribution in [-0.2, 0) is 4.74 Å². The molecular weight excluding hydrogens is 332 g/mol. The molecule has 1 nitrogen and oxygen atoms in total. The van der Waals surface area contributed by atoms with Crippen molar-refractivity contribution < 1.29 is 4.74 Å². The van der Waals surface area contributed by atoms with Crippen LogP contribution in [0.25, 0.3) is 0 Å². The monoisotopic (exact) mass is 348 g/mol. The summed E-state index contributed by atoms with van der Waals surface area (Å²) in [6, 6.07) is 8.47. The van der Waals surface area contributed by atoms with Crippen LogP contribution in [0.2, 0.25) is 0 Å². The van der Waals surface area contributed by atoms with Crippen LogP contribution in [-0.4, -0.2) is 19.0 Å². The number of hydrogen-bond acceptors (Lipinski definition) is 1. The van der Waals surface area contributed by atoms with E-state index in [1.165, 1.54) is 22.9 Å². The third-order valence-electron chi connectivity index (χ3n) is 2.68. The Hall–Kier alpha value is 0.140. The van der Waals surface area contributed by atoms with Crippen LogP contribution in [0.5, 0.6) is 0 Å². The summed E-state index contributed by atoms with van der Waals surface area (Å²) in [5, 5.41) is 1.02. The lowest BCUT2D eigenvalue weighted by Gasteiger charge is -2.15. The maximum atomic E-state index is 5.07. The first kappa shape index (κ1) is 14.2. The van der Waals surface area contributed by atoms with E-state index in [2.05, 4.69) is 56.1 Å². The highest BCUT2D eigenvalue weighted by molar-refractivity contribution is 9.10. The van der Waals surface area contributed by atoms with Gasteiger partial charge in [-0.3, -0.25) is 0 Å². The number of benzene rings is 1. The molecule has 0 heterocycles. The van der Waals surface area contributed by atoms with Gasteiger partial charge in [-0.25, -0.2) is 0 Å². The Bertz CT molecular complexity index is 302. The van der Waals surface area contributed by atoms with Crippen molar-refractivity contribution in [1.29, 1.82) is 0 Å². The molecule has 0 saturated carbocycles. The summed E-state index contributed by atoms with van der Waals surface area (Å²) in [5.74, 6) is 0.590. The van der Waals surface area contributed by atoms with E-state index in [4.69, 9.17) is 4.74 Å². The van der Waals surface area contributed by atoms with Crippen molar-refractivity contribution in [2.24, 2.45) is 0 Å². The second kappa shape index (κ2) is 8.26. The molecule has 1 aromatic rings. The van der Waals surface area contributed by atoms with Gasteiger partial charge in [0, 0.05) is 23.5 Å². The van der Waals surface area contributed by atoms with E-state index in [1.54, 1.807) is 7.11 Å². The van der Waals surface area contributed by atoms with E-state index in [-0.39, 0.29) is 0 Å². The van der Waals surface area contributed by atoms with Gasteiger partial charge in [-0.1, -0.05) is 56.5 Å². The molecule has 1 unspecified atom stereocenters. The summed E-state index contributed by atoms with van der Waals surface area (Å²) in [6.07, 6.45) is 3.56. The SMILES string of the molecule is COCCCCC(CBr)c1ccccc1Br. The summed E-state index contributed by atoms with van der Waals surface area (Å²) in [4.78, 5) is 0. The fourth-order valence-electron chi connectivity index (χ4n) is 1.76. The minimum absolute atomic E-state index is 0.590. The smallest absolute Gasteiger partial charge is 0.0462 e. The van der Waals surface area contributed by atoms with Gasteiger partial charge in [-0.05, 0) is 30.4 Å². The quantitative estimate of drug-likeness (QED) is 0.510. The Morgan fingerprint density at radius 1 is 1.25 bits per heavy atom. The zero-order valence-corrected chi connectivity index (χ0v) is 12.8. The Kier molecular flexibility index (Phi) is 7.33. The molecule has 0 N–H and O–H groups in total. The Labute approximate surface area is 115 Å². The zero-order chi connectivity index (χ0) is 11.8. The molecule has 0 aliphatic rings. The minimum Gasteiger partial charge on any atom is -0.385 e. The van der Waals surface area contributed by atoms with Crippen molar-refractivity contribution >= 4 is 31.9 Å². The maximum absolute atomic E-state index is 5.07. The predicted molar refractivity (Wildman–Crippen MR) is 76.4 cm³/mol. The summed E-state index contributed by atoms with van der Waals surface area (Å²) in [6.45, 7) is 0.866. The third kappa shape index (κ3) is 4.56. The van der Waals surface area contributed by atoms with Crippen LogP contribution in [0.15, 0.2) is 28.7 Å². The standard InChI is InChI=1S/C13H18Br2O/c1-16-9-5-4-6-11(10-14)12-7-2-3-8-13(12)15/h2-3,7-8,11H,4-6,9-10H2,1H3. The molecule has 0 amide bonds. The lowest BCUT2D eigenvalue weighted by molar-refractivity contribution is 0.191. The largest absolute Gasteiger partial charge is 0.385 e. The number of halogens is 2. The van der Waals surface area contributed by atoms with Crippen molar-refractivity contribution in [2.45, 2.75) is 25.2 Å². The minimum atomic E-state index is 0.590. The van der Waals surface area contributed by atoms with Crippen LogP contribution in [0.1, 0.15) is 30.7 Å². The Morgan fingerprint density at radius 2 is 2.00 bits per heavy atom. The number of alkyl halides is 1. The molecule has 0 saturated heterocycles. The van der Waals surface area contributed by atoms with E-state index in [0.29, 0.717) is 5.92 Å². The molecule has 0 bridgehead atoms. The number of methoxy groups -OCH3 is 1. The second-order valence-electron chi connectivity index (χ2n) is 3.86. The van der Waals surface area contributed by atoms with Crippen molar-refractivity contribution in [3.05, 3.63) is 34.3 Å². The molecule has 1 atom stereocenters. The Balaban J connectivity index is 2.51. The average molecular weight is 350 g/mol. The number of hydrogen-bond donors (Lipinski definition) is 0. The number of unbranched alkanes of at least 4 members (excludes halogenated alkanes) is 1. The lowest BCUT2D eigenvalue weighted by Crippen LogP contribution is -2.02. The first-order valence-electron chi connectivity index (χ1n) is 5.59. The molecule has 16 heavy (non-hydrogen) atoms. The van der Waals surface area contributed by atoms with Crippen molar-refractivity contribution in [3.63, 3.8) is 0 Å². The Morgan fingerprint density at radius 3 is 2.62 bits per heavy atom. The number of ether oxygens (including phenoxy) is 1. The second-order valence-corrected chi connectivity index (χ2v) is 5.36. The van der Waals surface area contributed by atoms with Gasteiger partial charge in [0.25, 0.3) is 0 Å². The molecule has 0 aliphatic heterocycles. The summed E-state index contributed by atoms with van der Waals surface area (Å²) < 4.78 is 6.28. The van der Waals surface area contributed by atoms with Crippen LogP contribution in [0.3, 0.4) is 0 Å². The average Bonchev–Trinajstić information content (AvgIpc) is 2.31. The molecule has 1 aromatic carbocycles. The highest BCUT2D eigenvalue weighted by Gasteiger charge is 2.12. The first-order chi connectivity index (χ1) is 7.79. The predicted octanol–water partition coefficient (Wildman–Crippen LogP) is 4.74. The van der Waals surface area contributed by atoms with E-state index in [0.717, 1.165) is 18.4 Å². The number of rotatable bonds is 7. The highest BCUT2D eigenvalue weighted by atomic mass is 79.9. The fourth-order valence-corrected chi connectivity index (χ4v) is 3.04. The molecule has 1 rings (SSSR count). The van der Waals surface area contributed by atoms with Crippen molar-refractivity contribution in [3.8, 4) is 0 Å². The molecule has 90 valence electrons. The van der Waals surface area contributed by atoms with Crippen LogP contribution < -0.4 is 0 Å². The zero-order valence-electron chi connectivity index (χ0n) is 9.59. The maximum Gasteiger partial charge on any atom is 0.0462 e. The normalized spacial score (nSPS) is 12.7. The molecule has 0 spiro atoms. The van der Waals surface area contributed by atoms with E-state index in [1.807, 2.05) is 0 Å². The van der Waals surface area contributed by atoms with E-state index < -0.39 is 0 Å².